The van der Waals surface area contributed by atoms with Crippen molar-refractivity contribution in [3.63, 3.8) is 0 Å². The van der Waals surface area contributed by atoms with Gasteiger partial charge in [-0.15, -0.1) is 11.3 Å². The Balaban J connectivity index is 2.28. The zero-order valence-electron chi connectivity index (χ0n) is 12.0. The van der Waals surface area contributed by atoms with Gasteiger partial charge < -0.3 is 15.3 Å². The third-order valence-corrected chi connectivity index (χ3v) is 4.14. The van der Waals surface area contributed by atoms with Crippen molar-refractivity contribution in [3.8, 4) is 0 Å². The number of nitrogens with one attached hydrogen (secondary N) is 1. The highest BCUT2D eigenvalue weighted by Crippen LogP contribution is 2.10. The molecule has 1 atom stereocenters. The van der Waals surface area contributed by atoms with E-state index in [-0.39, 0.29) is 18.4 Å². The molecule has 0 spiro atoms. The van der Waals surface area contributed by atoms with Crippen molar-refractivity contribution in [3.05, 3.63) is 22.4 Å². The number of carbonyl (C=O) groups excluding carboxylic acids is 1. The summed E-state index contributed by atoms with van der Waals surface area (Å²) in [5, 5.41) is 13.6. The predicted octanol–water partition coefficient (Wildman–Crippen LogP) is 2.43. The Morgan fingerprint density at radius 2 is 2.25 bits per heavy atom. The number of urea groups is 1. The van der Waals surface area contributed by atoms with Crippen LogP contribution in [0.2, 0.25) is 0 Å². The molecule has 1 heterocycles. The van der Waals surface area contributed by atoms with Gasteiger partial charge in [-0.05, 0) is 23.8 Å². The average molecular weight is 298 g/mol. The van der Waals surface area contributed by atoms with Gasteiger partial charge in [0, 0.05) is 31.4 Å². The summed E-state index contributed by atoms with van der Waals surface area (Å²) in [5.41, 5.74) is 0. The molecule has 0 fully saturated rings. The predicted molar refractivity (Wildman–Crippen MR) is 80.1 cm³/mol. The van der Waals surface area contributed by atoms with Crippen molar-refractivity contribution < 1.29 is 14.7 Å². The number of likely N-dealkylation sites (N-methyl/N-ethyl adjacent to an activating group) is 1. The van der Waals surface area contributed by atoms with E-state index in [0.29, 0.717) is 13.1 Å². The molecule has 0 saturated carbocycles. The van der Waals surface area contributed by atoms with Crippen LogP contribution in [0.1, 0.15) is 24.6 Å². The van der Waals surface area contributed by atoms with Crippen molar-refractivity contribution in [2.24, 2.45) is 5.92 Å². The van der Waals surface area contributed by atoms with E-state index in [9.17, 15) is 9.59 Å². The lowest BCUT2D eigenvalue weighted by atomic mass is 10.0. The summed E-state index contributed by atoms with van der Waals surface area (Å²) >= 11 is 1.68. The summed E-state index contributed by atoms with van der Waals surface area (Å²) in [6.07, 6.45) is 1.68. The van der Waals surface area contributed by atoms with Crippen molar-refractivity contribution in [2.75, 3.05) is 20.1 Å². The number of carboxylic acids is 1. The van der Waals surface area contributed by atoms with Gasteiger partial charge in [0.25, 0.3) is 0 Å². The van der Waals surface area contributed by atoms with Gasteiger partial charge in [-0.1, -0.05) is 19.4 Å². The van der Waals surface area contributed by atoms with Gasteiger partial charge in [0.2, 0.25) is 0 Å². The van der Waals surface area contributed by atoms with Crippen LogP contribution in [-0.2, 0) is 11.2 Å². The molecule has 2 amide bonds. The number of carbonyl (C=O) groups is 2. The van der Waals surface area contributed by atoms with Crippen LogP contribution in [0, 0.1) is 5.92 Å². The van der Waals surface area contributed by atoms with Crippen molar-refractivity contribution in [1.29, 1.82) is 0 Å². The van der Waals surface area contributed by atoms with Crippen molar-refractivity contribution in [2.45, 2.75) is 26.2 Å². The fourth-order valence-corrected chi connectivity index (χ4v) is 2.51. The Morgan fingerprint density at radius 1 is 1.50 bits per heavy atom. The molecule has 0 aromatic carbocycles. The number of carboxylic acid groups (broad SMARTS) is 1. The molecular formula is C14H22N2O3S. The van der Waals surface area contributed by atoms with Gasteiger partial charge >= 0.3 is 12.0 Å². The Bertz CT molecular complexity index is 420. The fraction of sp³-hybridized carbons (Fsp3) is 0.571. The Morgan fingerprint density at radius 3 is 2.80 bits per heavy atom. The fourth-order valence-electron chi connectivity index (χ4n) is 1.81. The highest BCUT2D eigenvalue weighted by atomic mass is 32.1. The van der Waals surface area contributed by atoms with E-state index in [1.165, 1.54) is 4.88 Å². The Hall–Kier alpha value is -1.56. The first-order valence-corrected chi connectivity index (χ1v) is 7.64. The number of amides is 2. The minimum atomic E-state index is -0.822. The van der Waals surface area contributed by atoms with Crippen molar-refractivity contribution >= 4 is 23.3 Å². The molecule has 1 rings (SSSR count). The van der Waals surface area contributed by atoms with Crippen LogP contribution in [0.5, 0.6) is 0 Å². The van der Waals surface area contributed by atoms with Crippen molar-refractivity contribution in [1.82, 2.24) is 10.2 Å². The van der Waals surface area contributed by atoms with Gasteiger partial charge in [-0.25, -0.2) is 4.79 Å². The molecule has 0 aliphatic heterocycles. The molecule has 112 valence electrons. The zero-order valence-corrected chi connectivity index (χ0v) is 12.8. The smallest absolute Gasteiger partial charge is 0.317 e. The molecule has 2 N–H and O–H groups in total. The molecule has 0 bridgehead atoms. The number of aliphatic carboxylic acids is 1. The number of hydrogen-bond donors (Lipinski definition) is 2. The minimum Gasteiger partial charge on any atom is -0.481 e. The standard InChI is InChI=1S/C14H22N2O3S/c1-3-11(9-13(17)18)10-15-14(19)16(2)7-6-12-5-4-8-20-12/h4-5,8,11H,3,6-7,9-10H2,1-2H3,(H,15,19)(H,17,18). The lowest BCUT2D eigenvalue weighted by Crippen LogP contribution is -2.40. The molecule has 1 aromatic rings. The van der Waals surface area contributed by atoms with Crippen LogP contribution < -0.4 is 5.32 Å². The monoisotopic (exact) mass is 298 g/mol. The van der Waals surface area contributed by atoms with Crippen LogP contribution in [0.4, 0.5) is 4.79 Å². The molecule has 0 aliphatic carbocycles. The minimum absolute atomic E-state index is 0.0119. The van der Waals surface area contributed by atoms with E-state index in [0.717, 1.165) is 12.8 Å². The highest BCUT2D eigenvalue weighted by molar-refractivity contribution is 7.09. The maximum absolute atomic E-state index is 11.9. The third-order valence-electron chi connectivity index (χ3n) is 3.20. The first kappa shape index (κ1) is 16.5. The van der Waals surface area contributed by atoms with E-state index in [1.54, 1.807) is 23.3 Å². The second-order valence-corrected chi connectivity index (χ2v) is 5.84. The summed E-state index contributed by atoms with van der Waals surface area (Å²) in [4.78, 5) is 25.4. The second-order valence-electron chi connectivity index (χ2n) is 4.81. The van der Waals surface area contributed by atoms with Crippen LogP contribution in [-0.4, -0.2) is 42.1 Å². The number of hydrogen-bond acceptors (Lipinski definition) is 3. The first-order chi connectivity index (χ1) is 9.52. The number of thiophene rings is 1. The summed E-state index contributed by atoms with van der Waals surface area (Å²) in [5.74, 6) is -0.834. The Kier molecular flexibility index (Phi) is 7.08. The molecular weight excluding hydrogens is 276 g/mol. The van der Waals surface area contributed by atoms with Crippen LogP contribution in [0.3, 0.4) is 0 Å². The summed E-state index contributed by atoms with van der Waals surface area (Å²) < 4.78 is 0. The van der Waals surface area contributed by atoms with E-state index in [4.69, 9.17) is 5.11 Å². The van der Waals surface area contributed by atoms with Gasteiger partial charge in [0.1, 0.15) is 0 Å². The average Bonchev–Trinajstić information content (AvgIpc) is 2.93. The van der Waals surface area contributed by atoms with Crippen LogP contribution in [0.15, 0.2) is 17.5 Å². The van der Waals surface area contributed by atoms with Gasteiger partial charge in [-0.3, -0.25) is 4.79 Å². The second kappa shape index (κ2) is 8.58. The lowest BCUT2D eigenvalue weighted by molar-refractivity contribution is -0.138. The van der Waals surface area contributed by atoms with Crippen LogP contribution >= 0.6 is 11.3 Å². The lowest BCUT2D eigenvalue weighted by Gasteiger charge is -2.20. The maximum atomic E-state index is 11.9. The third kappa shape index (κ3) is 6.06. The number of rotatable bonds is 8. The van der Waals surface area contributed by atoms with E-state index >= 15 is 0 Å². The normalized spacial score (nSPS) is 11.9. The largest absolute Gasteiger partial charge is 0.481 e. The molecule has 1 unspecified atom stereocenters. The topological polar surface area (TPSA) is 69.6 Å². The molecule has 5 nitrogen and oxygen atoms in total. The van der Waals surface area contributed by atoms with Gasteiger partial charge in [-0.2, -0.15) is 0 Å². The van der Waals surface area contributed by atoms with E-state index < -0.39 is 5.97 Å². The van der Waals surface area contributed by atoms with E-state index in [1.807, 2.05) is 18.4 Å². The van der Waals surface area contributed by atoms with E-state index in [2.05, 4.69) is 11.4 Å². The van der Waals surface area contributed by atoms with Crippen LogP contribution in [0.25, 0.3) is 0 Å². The molecule has 0 aliphatic rings. The Labute approximate surface area is 123 Å². The first-order valence-electron chi connectivity index (χ1n) is 6.76. The quantitative estimate of drug-likeness (QED) is 0.774. The maximum Gasteiger partial charge on any atom is 0.317 e. The van der Waals surface area contributed by atoms with Gasteiger partial charge in [0.05, 0.1) is 0 Å². The number of nitrogens with zero attached hydrogens (tertiary/aromatic N) is 1. The molecule has 0 saturated heterocycles. The summed E-state index contributed by atoms with van der Waals surface area (Å²) in [6, 6.07) is 3.90. The molecule has 6 heteroatoms. The molecule has 20 heavy (non-hydrogen) atoms. The summed E-state index contributed by atoms with van der Waals surface area (Å²) in [7, 11) is 1.75. The molecule has 0 radical (unpaired) electrons. The zero-order chi connectivity index (χ0) is 15.0. The highest BCUT2D eigenvalue weighted by Gasteiger charge is 2.14. The SMILES string of the molecule is CCC(CNC(=O)N(C)CCc1cccs1)CC(=O)O. The molecule has 1 aromatic heterocycles. The van der Waals surface area contributed by atoms with Gasteiger partial charge in [0.15, 0.2) is 0 Å². The summed E-state index contributed by atoms with van der Waals surface area (Å²) in [6.45, 7) is 2.99.